The Morgan fingerprint density at radius 2 is 2.35 bits per heavy atom. The molecule has 94 valence electrons. The highest BCUT2D eigenvalue weighted by molar-refractivity contribution is 9.10. The van der Waals surface area contributed by atoms with Crippen molar-refractivity contribution in [3.8, 4) is 0 Å². The molecule has 0 amide bonds. The summed E-state index contributed by atoms with van der Waals surface area (Å²) in [5.74, 6) is 0. The Morgan fingerprint density at radius 1 is 1.59 bits per heavy atom. The molecule has 1 aromatic carbocycles. The quantitative estimate of drug-likeness (QED) is 0.923. The minimum Gasteiger partial charge on any atom is -0.390 e. The summed E-state index contributed by atoms with van der Waals surface area (Å²) in [7, 11) is 0. The average Bonchev–Trinajstić information content (AvgIpc) is 2.71. The average molecular weight is 320 g/mol. The number of aliphatic hydroxyl groups is 1. The molecule has 0 radical (unpaired) electrons. The van der Waals surface area contributed by atoms with Gasteiger partial charge in [-0.15, -0.1) is 0 Å². The monoisotopic (exact) mass is 318 g/mol. The summed E-state index contributed by atoms with van der Waals surface area (Å²) in [4.78, 5) is 0. The maximum atomic E-state index is 10.3. The van der Waals surface area contributed by atoms with Crippen LogP contribution in [0.2, 0.25) is 5.02 Å². The maximum Gasteiger partial charge on any atom is 0.0916 e. The predicted molar refractivity (Wildman–Crippen MR) is 72.5 cm³/mol. The summed E-state index contributed by atoms with van der Waals surface area (Å²) < 4.78 is 6.58. The minimum absolute atomic E-state index is 0.420. The fourth-order valence-electron chi connectivity index (χ4n) is 2.17. The molecule has 0 aromatic heterocycles. The van der Waals surface area contributed by atoms with Crippen LogP contribution in [0.1, 0.15) is 25.3 Å². The number of rotatable bonds is 3. The lowest BCUT2D eigenvalue weighted by atomic mass is 9.91. The first-order chi connectivity index (χ1) is 8.01. The van der Waals surface area contributed by atoms with E-state index < -0.39 is 11.7 Å². The Morgan fingerprint density at radius 3 is 2.94 bits per heavy atom. The van der Waals surface area contributed by atoms with Gasteiger partial charge in [-0.25, -0.2) is 0 Å². The summed E-state index contributed by atoms with van der Waals surface area (Å²) in [5.41, 5.74) is 0.537. The van der Waals surface area contributed by atoms with E-state index in [9.17, 15) is 5.11 Å². The van der Waals surface area contributed by atoms with Crippen molar-refractivity contribution in [1.29, 1.82) is 0 Å². The van der Waals surface area contributed by atoms with Crippen molar-refractivity contribution in [3.05, 3.63) is 33.3 Å². The Hall–Kier alpha value is -0.0900. The van der Waals surface area contributed by atoms with Crippen LogP contribution < -0.4 is 0 Å². The molecule has 0 bridgehead atoms. The van der Waals surface area contributed by atoms with Crippen molar-refractivity contribution in [1.82, 2.24) is 0 Å². The molecule has 1 aliphatic heterocycles. The minimum atomic E-state index is -0.510. The van der Waals surface area contributed by atoms with E-state index in [0.717, 1.165) is 29.5 Å². The molecule has 17 heavy (non-hydrogen) atoms. The molecular weight excluding hydrogens is 303 g/mol. The van der Waals surface area contributed by atoms with Crippen LogP contribution in [-0.2, 0) is 11.2 Å². The van der Waals surface area contributed by atoms with Crippen molar-refractivity contribution in [2.45, 2.75) is 37.9 Å². The van der Waals surface area contributed by atoms with Crippen molar-refractivity contribution < 1.29 is 9.84 Å². The standard InChI is InChI=1S/C13H16BrClO2/c1-13(5-2-6-17-13)12(16)7-9-3-4-10(14)8-11(9)15/h3-4,8,12,16H,2,5-7H2,1H3. The lowest BCUT2D eigenvalue weighted by Crippen LogP contribution is -2.40. The van der Waals surface area contributed by atoms with Gasteiger partial charge in [0, 0.05) is 22.5 Å². The molecule has 0 aliphatic carbocycles. The van der Waals surface area contributed by atoms with Gasteiger partial charge in [0.05, 0.1) is 11.7 Å². The lowest BCUT2D eigenvalue weighted by Gasteiger charge is -2.29. The maximum absolute atomic E-state index is 10.3. The molecule has 1 N–H and O–H groups in total. The fraction of sp³-hybridized carbons (Fsp3) is 0.538. The normalized spacial score (nSPS) is 26.1. The Labute approximate surface area is 115 Å². The molecule has 1 fully saturated rings. The van der Waals surface area contributed by atoms with Crippen LogP contribution in [0.4, 0.5) is 0 Å². The highest BCUT2D eigenvalue weighted by Gasteiger charge is 2.37. The third-order valence-corrected chi connectivity index (χ3v) is 4.23. The van der Waals surface area contributed by atoms with Gasteiger partial charge in [0.25, 0.3) is 0 Å². The molecule has 0 spiro atoms. The molecular formula is C13H16BrClO2. The van der Waals surface area contributed by atoms with E-state index in [1.807, 2.05) is 25.1 Å². The summed E-state index contributed by atoms with van der Waals surface area (Å²) in [6.07, 6.45) is 1.94. The highest BCUT2D eigenvalue weighted by Crippen LogP contribution is 2.32. The third-order valence-electron chi connectivity index (χ3n) is 3.38. The van der Waals surface area contributed by atoms with Crippen molar-refractivity contribution in [2.24, 2.45) is 0 Å². The van der Waals surface area contributed by atoms with Gasteiger partial charge in [-0.3, -0.25) is 0 Å². The summed E-state index contributed by atoms with van der Waals surface area (Å²) in [6, 6.07) is 5.72. The zero-order valence-electron chi connectivity index (χ0n) is 9.75. The first kappa shape index (κ1) is 13.3. The largest absolute Gasteiger partial charge is 0.390 e. The van der Waals surface area contributed by atoms with Crippen LogP contribution in [-0.4, -0.2) is 23.4 Å². The topological polar surface area (TPSA) is 29.5 Å². The number of hydrogen-bond acceptors (Lipinski definition) is 2. The van der Waals surface area contributed by atoms with Crippen molar-refractivity contribution in [2.75, 3.05) is 6.61 Å². The summed E-state index contributed by atoms with van der Waals surface area (Å²) in [5, 5.41) is 10.9. The number of hydrogen-bond donors (Lipinski definition) is 1. The molecule has 2 rings (SSSR count). The van der Waals surface area contributed by atoms with E-state index in [-0.39, 0.29) is 0 Å². The van der Waals surface area contributed by atoms with E-state index in [2.05, 4.69) is 15.9 Å². The molecule has 2 atom stereocenters. The van der Waals surface area contributed by atoms with E-state index in [1.165, 1.54) is 0 Å². The second kappa shape index (κ2) is 5.27. The molecule has 4 heteroatoms. The number of aliphatic hydroxyl groups excluding tert-OH is 1. The van der Waals surface area contributed by atoms with Gasteiger partial charge < -0.3 is 9.84 Å². The van der Waals surface area contributed by atoms with Crippen LogP contribution in [0.15, 0.2) is 22.7 Å². The van der Waals surface area contributed by atoms with E-state index in [1.54, 1.807) is 0 Å². The SMILES string of the molecule is CC1(C(O)Cc2ccc(Br)cc2Cl)CCCO1. The first-order valence-electron chi connectivity index (χ1n) is 5.77. The predicted octanol–water partition coefficient (Wildman–Crippen LogP) is 3.58. The molecule has 1 aromatic rings. The number of ether oxygens (including phenoxy) is 1. The van der Waals surface area contributed by atoms with Gasteiger partial charge in [-0.2, -0.15) is 0 Å². The van der Waals surface area contributed by atoms with Crippen molar-refractivity contribution >= 4 is 27.5 Å². The second-order valence-electron chi connectivity index (χ2n) is 4.72. The Kier molecular flexibility index (Phi) is 4.14. The van der Waals surface area contributed by atoms with Crippen LogP contribution in [0.25, 0.3) is 0 Å². The van der Waals surface area contributed by atoms with Gasteiger partial charge in [-0.1, -0.05) is 33.6 Å². The zero-order valence-corrected chi connectivity index (χ0v) is 12.1. The molecule has 1 aliphatic rings. The zero-order chi connectivity index (χ0) is 12.5. The van der Waals surface area contributed by atoms with Gasteiger partial charge in [0.15, 0.2) is 0 Å². The molecule has 2 unspecified atom stereocenters. The first-order valence-corrected chi connectivity index (χ1v) is 6.94. The van der Waals surface area contributed by atoms with E-state index in [4.69, 9.17) is 16.3 Å². The van der Waals surface area contributed by atoms with Gasteiger partial charge in [0.1, 0.15) is 0 Å². The number of halogens is 2. The molecule has 1 heterocycles. The van der Waals surface area contributed by atoms with Crippen molar-refractivity contribution in [3.63, 3.8) is 0 Å². The van der Waals surface area contributed by atoms with Gasteiger partial charge in [0.2, 0.25) is 0 Å². The van der Waals surface area contributed by atoms with Crippen LogP contribution in [0.5, 0.6) is 0 Å². The molecule has 1 saturated heterocycles. The Balaban J connectivity index is 2.10. The molecule has 2 nitrogen and oxygen atoms in total. The second-order valence-corrected chi connectivity index (χ2v) is 6.04. The smallest absolute Gasteiger partial charge is 0.0916 e. The highest BCUT2D eigenvalue weighted by atomic mass is 79.9. The summed E-state index contributed by atoms with van der Waals surface area (Å²) in [6.45, 7) is 2.71. The van der Waals surface area contributed by atoms with Crippen LogP contribution in [0.3, 0.4) is 0 Å². The Bertz CT molecular complexity index is 402. The summed E-state index contributed by atoms with van der Waals surface area (Å²) >= 11 is 9.51. The van der Waals surface area contributed by atoms with E-state index >= 15 is 0 Å². The van der Waals surface area contributed by atoms with Crippen LogP contribution >= 0.6 is 27.5 Å². The number of benzene rings is 1. The fourth-order valence-corrected chi connectivity index (χ4v) is 2.93. The van der Waals surface area contributed by atoms with Crippen LogP contribution in [0, 0.1) is 0 Å². The lowest BCUT2D eigenvalue weighted by molar-refractivity contribution is -0.0768. The van der Waals surface area contributed by atoms with E-state index in [0.29, 0.717) is 11.4 Å². The van der Waals surface area contributed by atoms with Gasteiger partial charge in [-0.05, 0) is 37.5 Å². The van der Waals surface area contributed by atoms with Gasteiger partial charge >= 0.3 is 0 Å². The molecule has 0 saturated carbocycles. The third kappa shape index (κ3) is 3.02.